The van der Waals surface area contributed by atoms with Crippen LogP contribution in [0.2, 0.25) is 0 Å². The number of nitrogens with one attached hydrogen (secondary N) is 2. The molecule has 2 amide bonds. The number of anilines is 1. The minimum Gasteiger partial charge on any atom is -0.317 e. The minimum atomic E-state index is -0.243. The molecule has 0 radical (unpaired) electrons. The number of H-pyrrole nitrogens is 1. The molecule has 4 aromatic rings. The third-order valence-corrected chi connectivity index (χ3v) is 4.83. The van der Waals surface area contributed by atoms with Crippen molar-refractivity contribution >= 4 is 22.6 Å². The molecule has 0 fully saturated rings. The summed E-state index contributed by atoms with van der Waals surface area (Å²) in [7, 11) is 0. The molecule has 0 saturated carbocycles. The third-order valence-electron chi connectivity index (χ3n) is 4.83. The number of carbonyl (C=O) groups is 1. The SMILES string of the molecule is O=C(Nc1ccccc1)N(CCc1ccccc1)Cc1nc2ccccc2c(=O)[nH]1. The largest absolute Gasteiger partial charge is 0.322 e. The molecule has 1 aromatic heterocycles. The van der Waals surface area contributed by atoms with E-state index in [9.17, 15) is 9.59 Å². The molecular formula is C24H22N4O2. The van der Waals surface area contributed by atoms with Gasteiger partial charge in [0.15, 0.2) is 0 Å². The Morgan fingerprint density at radius 1 is 0.900 bits per heavy atom. The zero-order chi connectivity index (χ0) is 20.8. The number of fused-ring (bicyclic) bond motifs is 1. The number of para-hydroxylation sites is 2. The first-order valence-corrected chi connectivity index (χ1v) is 9.82. The zero-order valence-electron chi connectivity index (χ0n) is 16.4. The smallest absolute Gasteiger partial charge is 0.317 e. The van der Waals surface area contributed by atoms with Crippen molar-refractivity contribution in [2.24, 2.45) is 0 Å². The van der Waals surface area contributed by atoms with E-state index in [4.69, 9.17) is 0 Å². The van der Waals surface area contributed by atoms with Gasteiger partial charge in [0.1, 0.15) is 5.82 Å². The maximum absolute atomic E-state index is 13.0. The third kappa shape index (κ3) is 4.72. The van der Waals surface area contributed by atoms with Crippen LogP contribution in [0.1, 0.15) is 11.4 Å². The van der Waals surface area contributed by atoms with Crippen molar-refractivity contribution in [3.63, 3.8) is 0 Å². The predicted octanol–water partition coefficient (Wildman–Crippen LogP) is 4.20. The molecule has 6 nitrogen and oxygen atoms in total. The summed E-state index contributed by atoms with van der Waals surface area (Å²) >= 11 is 0. The van der Waals surface area contributed by atoms with E-state index in [0.29, 0.717) is 35.4 Å². The molecule has 0 aliphatic rings. The number of rotatable bonds is 6. The predicted molar refractivity (Wildman–Crippen MR) is 118 cm³/mol. The number of urea groups is 1. The molecular weight excluding hydrogens is 376 g/mol. The normalized spacial score (nSPS) is 10.7. The Balaban J connectivity index is 1.57. The molecule has 4 rings (SSSR count). The molecule has 0 aliphatic carbocycles. The van der Waals surface area contributed by atoms with E-state index in [0.717, 1.165) is 5.56 Å². The zero-order valence-corrected chi connectivity index (χ0v) is 16.4. The number of aromatic amines is 1. The molecule has 150 valence electrons. The molecule has 2 N–H and O–H groups in total. The summed E-state index contributed by atoms with van der Waals surface area (Å²) in [5, 5.41) is 3.45. The fourth-order valence-corrected chi connectivity index (χ4v) is 3.28. The van der Waals surface area contributed by atoms with E-state index in [-0.39, 0.29) is 18.1 Å². The van der Waals surface area contributed by atoms with Crippen molar-refractivity contribution in [1.82, 2.24) is 14.9 Å². The maximum atomic E-state index is 13.0. The molecule has 1 heterocycles. The van der Waals surface area contributed by atoms with Crippen LogP contribution in [0.5, 0.6) is 0 Å². The van der Waals surface area contributed by atoms with Crippen LogP contribution in [-0.2, 0) is 13.0 Å². The average molecular weight is 398 g/mol. The first kappa shape index (κ1) is 19.4. The van der Waals surface area contributed by atoms with Gasteiger partial charge in [-0.1, -0.05) is 60.7 Å². The van der Waals surface area contributed by atoms with Crippen LogP contribution < -0.4 is 10.9 Å². The Hall–Kier alpha value is -3.93. The molecule has 0 unspecified atom stereocenters. The summed E-state index contributed by atoms with van der Waals surface area (Å²) in [5.41, 5.74) is 2.26. The fraction of sp³-hybridized carbons (Fsp3) is 0.125. The Bertz CT molecular complexity index is 1190. The molecule has 0 spiro atoms. The first-order chi connectivity index (χ1) is 14.7. The summed E-state index contributed by atoms with van der Waals surface area (Å²) in [6.07, 6.45) is 0.695. The second kappa shape index (κ2) is 9.05. The van der Waals surface area contributed by atoms with Gasteiger partial charge in [0.25, 0.3) is 5.56 Å². The second-order valence-electron chi connectivity index (χ2n) is 6.98. The molecule has 3 aromatic carbocycles. The lowest BCUT2D eigenvalue weighted by atomic mass is 10.1. The van der Waals surface area contributed by atoms with Crippen LogP contribution in [0.4, 0.5) is 10.5 Å². The van der Waals surface area contributed by atoms with Gasteiger partial charge in [0.05, 0.1) is 17.4 Å². The summed E-state index contributed by atoms with van der Waals surface area (Å²) in [5.74, 6) is 0.454. The maximum Gasteiger partial charge on any atom is 0.322 e. The number of nitrogens with zero attached hydrogens (tertiary/aromatic N) is 2. The van der Waals surface area contributed by atoms with Crippen molar-refractivity contribution in [3.8, 4) is 0 Å². The van der Waals surface area contributed by atoms with Crippen molar-refractivity contribution in [2.75, 3.05) is 11.9 Å². The number of amides is 2. The lowest BCUT2D eigenvalue weighted by molar-refractivity contribution is 0.208. The lowest BCUT2D eigenvalue weighted by Gasteiger charge is -2.23. The number of hydrogen-bond acceptors (Lipinski definition) is 3. The monoisotopic (exact) mass is 398 g/mol. The van der Waals surface area contributed by atoms with Gasteiger partial charge in [0.2, 0.25) is 0 Å². The standard InChI is InChI=1S/C24H22N4O2/c29-23-20-13-7-8-14-21(20)26-22(27-23)17-28(16-15-18-9-3-1-4-10-18)24(30)25-19-11-5-2-6-12-19/h1-14H,15-17H2,(H,25,30)(H,26,27,29). The highest BCUT2D eigenvalue weighted by atomic mass is 16.2. The highest BCUT2D eigenvalue weighted by Gasteiger charge is 2.16. The topological polar surface area (TPSA) is 78.1 Å². The van der Waals surface area contributed by atoms with Gasteiger partial charge in [-0.2, -0.15) is 0 Å². The summed E-state index contributed by atoms with van der Waals surface area (Å²) in [4.78, 5) is 34.4. The summed E-state index contributed by atoms with van der Waals surface area (Å²) < 4.78 is 0. The Kier molecular flexibility index (Phi) is 5.85. The Morgan fingerprint density at radius 3 is 2.33 bits per heavy atom. The van der Waals surface area contributed by atoms with Gasteiger partial charge in [-0.25, -0.2) is 9.78 Å². The van der Waals surface area contributed by atoms with E-state index < -0.39 is 0 Å². The number of aromatic nitrogens is 2. The first-order valence-electron chi connectivity index (χ1n) is 9.82. The number of benzene rings is 3. The second-order valence-corrected chi connectivity index (χ2v) is 6.98. The molecule has 0 bridgehead atoms. The Labute approximate surface area is 174 Å². The van der Waals surface area contributed by atoms with Crippen molar-refractivity contribution < 1.29 is 4.79 Å². The summed E-state index contributed by atoms with van der Waals surface area (Å²) in [6, 6.07) is 26.2. The number of hydrogen-bond donors (Lipinski definition) is 2. The van der Waals surface area contributed by atoms with Crippen molar-refractivity contribution in [1.29, 1.82) is 0 Å². The van der Waals surface area contributed by atoms with Crippen LogP contribution in [0, 0.1) is 0 Å². The lowest BCUT2D eigenvalue weighted by Crippen LogP contribution is -2.37. The van der Waals surface area contributed by atoms with Gasteiger partial charge in [-0.15, -0.1) is 0 Å². The fourth-order valence-electron chi connectivity index (χ4n) is 3.28. The van der Waals surface area contributed by atoms with E-state index in [1.165, 1.54) is 0 Å². The van der Waals surface area contributed by atoms with Gasteiger partial charge >= 0.3 is 6.03 Å². The molecule has 30 heavy (non-hydrogen) atoms. The quantitative estimate of drug-likeness (QED) is 0.511. The van der Waals surface area contributed by atoms with Gasteiger partial charge in [-0.3, -0.25) is 4.79 Å². The van der Waals surface area contributed by atoms with Crippen molar-refractivity contribution in [3.05, 3.63) is 107 Å². The van der Waals surface area contributed by atoms with Crippen LogP contribution in [0.15, 0.2) is 89.7 Å². The van der Waals surface area contributed by atoms with Gasteiger partial charge in [0, 0.05) is 12.2 Å². The van der Waals surface area contributed by atoms with E-state index in [1.807, 2.05) is 66.7 Å². The van der Waals surface area contributed by atoms with E-state index in [1.54, 1.807) is 23.1 Å². The molecule has 0 atom stereocenters. The average Bonchev–Trinajstić information content (AvgIpc) is 2.78. The van der Waals surface area contributed by atoms with E-state index >= 15 is 0 Å². The molecule has 0 saturated heterocycles. The minimum absolute atomic E-state index is 0.200. The summed E-state index contributed by atoms with van der Waals surface area (Å²) in [6.45, 7) is 0.685. The van der Waals surface area contributed by atoms with Crippen LogP contribution in [0.25, 0.3) is 10.9 Å². The van der Waals surface area contributed by atoms with E-state index in [2.05, 4.69) is 15.3 Å². The highest BCUT2D eigenvalue weighted by Crippen LogP contribution is 2.11. The van der Waals surface area contributed by atoms with Crippen molar-refractivity contribution in [2.45, 2.75) is 13.0 Å². The van der Waals surface area contributed by atoms with Gasteiger partial charge < -0.3 is 15.2 Å². The molecule has 0 aliphatic heterocycles. The number of carbonyl (C=O) groups excluding carboxylic acids is 1. The molecule has 6 heteroatoms. The Morgan fingerprint density at radius 2 is 1.57 bits per heavy atom. The highest BCUT2D eigenvalue weighted by molar-refractivity contribution is 5.89. The van der Waals surface area contributed by atoms with Crippen LogP contribution in [0.3, 0.4) is 0 Å². The van der Waals surface area contributed by atoms with Gasteiger partial charge in [-0.05, 0) is 36.2 Å². The van der Waals surface area contributed by atoms with Crippen LogP contribution in [-0.4, -0.2) is 27.4 Å². The van der Waals surface area contributed by atoms with Crippen LogP contribution >= 0.6 is 0 Å².